The van der Waals surface area contributed by atoms with Gasteiger partial charge in [-0.15, -0.1) is 0 Å². The molecule has 4 aromatic rings. The molecule has 92 valence electrons. The number of rotatable bonds is 1. The van der Waals surface area contributed by atoms with Gasteiger partial charge in [-0.2, -0.15) is 0 Å². The van der Waals surface area contributed by atoms with Crippen molar-refractivity contribution < 1.29 is 0 Å². The molecular formula is C13H7N3OSSe. The van der Waals surface area contributed by atoms with Crippen LogP contribution in [0, 0.1) is 0 Å². The summed E-state index contributed by atoms with van der Waals surface area (Å²) in [6.07, 6.45) is 0. The van der Waals surface area contributed by atoms with Gasteiger partial charge >= 0.3 is 118 Å². The van der Waals surface area contributed by atoms with Crippen LogP contribution >= 0.6 is 11.7 Å². The third-order valence-electron chi connectivity index (χ3n) is 2.98. The van der Waals surface area contributed by atoms with E-state index in [0.717, 1.165) is 26.4 Å². The van der Waals surface area contributed by atoms with Gasteiger partial charge in [-0.3, -0.25) is 0 Å². The van der Waals surface area contributed by atoms with Gasteiger partial charge in [0.25, 0.3) is 0 Å². The fourth-order valence-electron chi connectivity index (χ4n) is 2.09. The van der Waals surface area contributed by atoms with E-state index in [0.29, 0.717) is 0 Å². The summed E-state index contributed by atoms with van der Waals surface area (Å²) < 4.78 is 11.5. The molecular weight excluding hydrogens is 325 g/mol. The van der Waals surface area contributed by atoms with Crippen LogP contribution in [0.5, 0.6) is 0 Å². The van der Waals surface area contributed by atoms with Crippen LogP contribution in [0.15, 0.2) is 47.3 Å². The zero-order valence-corrected chi connectivity index (χ0v) is 12.1. The Labute approximate surface area is 118 Å². The third kappa shape index (κ3) is 1.61. The molecule has 0 spiro atoms. The van der Waals surface area contributed by atoms with Crippen LogP contribution in [0.4, 0.5) is 0 Å². The second-order valence-corrected chi connectivity index (χ2v) is 6.70. The van der Waals surface area contributed by atoms with Crippen LogP contribution in [0.3, 0.4) is 0 Å². The zero-order valence-electron chi connectivity index (χ0n) is 9.61. The predicted molar refractivity (Wildman–Crippen MR) is 77.5 cm³/mol. The molecule has 0 saturated carbocycles. The average molecular weight is 332 g/mol. The maximum absolute atomic E-state index is 12.5. The van der Waals surface area contributed by atoms with E-state index in [-0.39, 0.29) is 20.3 Å². The molecule has 0 atom stereocenters. The van der Waals surface area contributed by atoms with Gasteiger partial charge in [0.2, 0.25) is 0 Å². The predicted octanol–water partition coefficient (Wildman–Crippen LogP) is 2.05. The Morgan fingerprint density at radius 3 is 2.84 bits per heavy atom. The first kappa shape index (κ1) is 11.1. The Morgan fingerprint density at radius 1 is 1.05 bits per heavy atom. The Bertz CT molecular complexity index is 953. The second-order valence-electron chi connectivity index (χ2n) is 4.10. The molecule has 6 heteroatoms. The second kappa shape index (κ2) is 4.13. The van der Waals surface area contributed by atoms with Crippen molar-refractivity contribution in [3.8, 4) is 5.69 Å². The fraction of sp³-hybridized carbons (Fsp3) is 0. The van der Waals surface area contributed by atoms with E-state index in [9.17, 15) is 4.79 Å². The van der Waals surface area contributed by atoms with Gasteiger partial charge in [0.05, 0.1) is 0 Å². The molecule has 0 aliphatic carbocycles. The summed E-state index contributed by atoms with van der Waals surface area (Å²) in [5.41, 5.74) is 2.60. The average Bonchev–Trinajstić information content (AvgIpc) is 3.04. The van der Waals surface area contributed by atoms with Crippen molar-refractivity contribution in [1.29, 1.82) is 0 Å². The SMILES string of the molecule is O=c1c2ccccc2[se]n1-c1cccc2nsnc12. The van der Waals surface area contributed by atoms with Crippen molar-refractivity contribution in [2.24, 2.45) is 0 Å². The summed E-state index contributed by atoms with van der Waals surface area (Å²) >= 11 is 1.16. The normalized spacial score (nSPS) is 11.4. The van der Waals surface area contributed by atoms with Crippen molar-refractivity contribution in [3.63, 3.8) is 0 Å². The van der Waals surface area contributed by atoms with E-state index in [1.54, 1.807) is 0 Å². The van der Waals surface area contributed by atoms with Gasteiger partial charge in [-0.25, -0.2) is 0 Å². The minimum absolute atomic E-state index is 0.0222. The molecule has 0 radical (unpaired) electrons. The topological polar surface area (TPSA) is 47.8 Å². The molecule has 0 fully saturated rings. The molecule has 2 aromatic heterocycles. The van der Waals surface area contributed by atoms with Gasteiger partial charge in [-0.05, 0) is 0 Å². The number of hydrogen-bond acceptors (Lipinski definition) is 4. The van der Waals surface area contributed by atoms with Gasteiger partial charge in [-0.1, -0.05) is 0 Å². The number of benzene rings is 2. The first-order chi connectivity index (χ1) is 9.34. The van der Waals surface area contributed by atoms with Crippen LogP contribution in [-0.2, 0) is 0 Å². The molecule has 4 nitrogen and oxygen atoms in total. The molecule has 2 heterocycles. The molecule has 0 aliphatic heterocycles. The van der Waals surface area contributed by atoms with Crippen molar-refractivity contribution >= 4 is 47.1 Å². The molecule has 0 unspecified atom stereocenters. The maximum atomic E-state index is 12.5. The first-order valence-electron chi connectivity index (χ1n) is 5.67. The molecule has 4 rings (SSSR count). The van der Waals surface area contributed by atoms with E-state index in [1.807, 2.05) is 46.0 Å². The van der Waals surface area contributed by atoms with Gasteiger partial charge < -0.3 is 0 Å². The van der Waals surface area contributed by atoms with E-state index >= 15 is 0 Å². The van der Waals surface area contributed by atoms with Crippen LogP contribution in [0.2, 0.25) is 0 Å². The number of hydrogen-bond donors (Lipinski definition) is 0. The van der Waals surface area contributed by atoms with Crippen LogP contribution in [-0.4, -0.2) is 27.0 Å². The van der Waals surface area contributed by atoms with Crippen molar-refractivity contribution in [3.05, 3.63) is 52.8 Å². The Morgan fingerprint density at radius 2 is 1.95 bits per heavy atom. The number of fused-ring (bicyclic) bond motifs is 2. The van der Waals surface area contributed by atoms with Gasteiger partial charge in [0.15, 0.2) is 0 Å². The molecule has 0 amide bonds. The number of aromatic nitrogens is 3. The summed E-state index contributed by atoms with van der Waals surface area (Å²) in [6.45, 7) is 0. The van der Waals surface area contributed by atoms with E-state index in [1.165, 1.54) is 11.7 Å². The molecule has 2 aromatic carbocycles. The number of nitrogens with zero attached hydrogens (tertiary/aromatic N) is 3. The summed E-state index contributed by atoms with van der Waals surface area (Å²) in [5, 5.41) is 0.808. The first-order valence-corrected chi connectivity index (χ1v) is 8.02. The monoisotopic (exact) mass is 333 g/mol. The molecule has 0 bridgehead atoms. The van der Waals surface area contributed by atoms with E-state index < -0.39 is 0 Å². The third-order valence-corrected chi connectivity index (χ3v) is 5.82. The standard InChI is InChI=1S/C13H7N3OSSe/c17-13-8-4-1-2-7-11(8)19-16(13)10-6-3-5-9-12(10)15-18-14-9/h1-7H. The van der Waals surface area contributed by atoms with Crippen molar-refractivity contribution in [2.45, 2.75) is 0 Å². The Balaban J connectivity index is 2.12. The van der Waals surface area contributed by atoms with Gasteiger partial charge in [0, 0.05) is 0 Å². The summed E-state index contributed by atoms with van der Waals surface area (Å²) in [7, 11) is 0. The Kier molecular flexibility index (Phi) is 2.41. The molecule has 0 N–H and O–H groups in total. The quantitative estimate of drug-likeness (QED) is 0.501. The molecule has 0 saturated heterocycles. The zero-order chi connectivity index (χ0) is 12.8. The van der Waals surface area contributed by atoms with E-state index in [4.69, 9.17) is 0 Å². The van der Waals surface area contributed by atoms with E-state index in [2.05, 4.69) is 8.75 Å². The van der Waals surface area contributed by atoms with Crippen molar-refractivity contribution in [2.75, 3.05) is 0 Å². The molecule has 19 heavy (non-hydrogen) atoms. The van der Waals surface area contributed by atoms with Crippen LogP contribution < -0.4 is 5.56 Å². The molecule has 0 aliphatic rings. The summed E-state index contributed by atoms with van der Waals surface area (Å²) in [6, 6.07) is 13.6. The van der Waals surface area contributed by atoms with Gasteiger partial charge in [0.1, 0.15) is 0 Å². The minimum atomic E-state index is -0.0222. The summed E-state index contributed by atoms with van der Waals surface area (Å²) in [5.74, 6) is 0. The van der Waals surface area contributed by atoms with Crippen LogP contribution in [0.1, 0.15) is 0 Å². The Hall–Kier alpha value is -1.75. The fourth-order valence-corrected chi connectivity index (χ4v) is 4.76. The summed E-state index contributed by atoms with van der Waals surface area (Å²) in [4.78, 5) is 12.5. The van der Waals surface area contributed by atoms with Crippen molar-refractivity contribution in [1.82, 2.24) is 12.3 Å². The van der Waals surface area contributed by atoms with Crippen LogP contribution in [0.25, 0.3) is 26.4 Å².